The molecule has 4 rings (SSSR count). The summed E-state index contributed by atoms with van der Waals surface area (Å²) in [6.07, 6.45) is -0.191. The molecule has 0 radical (unpaired) electrons. The molecule has 0 bridgehead atoms. The Kier molecular flexibility index (Phi) is 11.6. The molecule has 2 atom stereocenters. The van der Waals surface area contributed by atoms with Crippen LogP contribution in [0.25, 0.3) is 11.1 Å². The number of nitrogens with zero attached hydrogens (tertiary/aromatic N) is 1. The van der Waals surface area contributed by atoms with Crippen molar-refractivity contribution >= 4 is 22.7 Å². The van der Waals surface area contributed by atoms with Crippen LogP contribution in [-0.4, -0.2) is 51.4 Å². The van der Waals surface area contributed by atoms with Crippen LogP contribution in [-0.2, 0) is 22.1 Å². The number of likely N-dealkylation sites (tertiary alicyclic amines) is 1. The lowest BCUT2D eigenvalue weighted by Crippen LogP contribution is -2.62. The van der Waals surface area contributed by atoms with E-state index in [1.807, 2.05) is 6.07 Å². The van der Waals surface area contributed by atoms with Crippen molar-refractivity contribution in [2.45, 2.75) is 130 Å². The molecule has 3 aromatic rings. The Morgan fingerprint density at radius 3 is 1.94 bits per heavy atom. The van der Waals surface area contributed by atoms with Crippen molar-refractivity contribution in [2.75, 3.05) is 13.2 Å². The first-order valence-electron chi connectivity index (χ1n) is 18.2. The smallest absolute Gasteiger partial charge is 0.407 e. The summed E-state index contributed by atoms with van der Waals surface area (Å²) in [5.74, 6) is 0.670. The van der Waals surface area contributed by atoms with Crippen molar-refractivity contribution in [3.63, 3.8) is 0 Å². The second-order valence-corrected chi connectivity index (χ2v) is 27.9. The van der Waals surface area contributed by atoms with Crippen LogP contribution in [0.5, 0.6) is 5.75 Å². The molecule has 1 heterocycles. The minimum absolute atomic E-state index is 0.00590. The van der Waals surface area contributed by atoms with Gasteiger partial charge in [-0.05, 0) is 94.1 Å². The molecule has 1 fully saturated rings. The molecule has 1 aliphatic heterocycles. The van der Waals surface area contributed by atoms with Gasteiger partial charge in [0.1, 0.15) is 12.4 Å². The van der Waals surface area contributed by atoms with Crippen LogP contribution in [0.3, 0.4) is 0 Å². The molecule has 6 nitrogen and oxygen atoms in total. The van der Waals surface area contributed by atoms with Crippen molar-refractivity contribution in [3.05, 3.63) is 89.5 Å². The molecule has 8 heteroatoms. The van der Waals surface area contributed by atoms with Crippen LogP contribution >= 0.6 is 0 Å². The largest absolute Gasteiger partial charge is 0.489 e. The Bertz CT molecular complexity index is 1620. The highest BCUT2D eigenvalue weighted by atomic mass is 28.4. The van der Waals surface area contributed by atoms with Gasteiger partial charge in [0.2, 0.25) is 0 Å². The van der Waals surface area contributed by atoms with E-state index in [1.165, 1.54) is 5.56 Å². The second kappa shape index (κ2) is 14.6. The predicted octanol–water partition coefficient (Wildman–Crippen LogP) is 11.7. The van der Waals surface area contributed by atoms with E-state index < -0.39 is 33.7 Å². The Balaban J connectivity index is 1.78. The minimum Gasteiger partial charge on any atom is -0.489 e. The maximum atomic E-state index is 13.0. The third-order valence-electron chi connectivity index (χ3n) is 11.9. The molecular weight excluding hydrogens is 655 g/mol. The third-order valence-corrected chi connectivity index (χ3v) is 20.9. The zero-order valence-corrected chi connectivity index (χ0v) is 35.1. The summed E-state index contributed by atoms with van der Waals surface area (Å²) in [6, 6.07) is 25.4. The van der Waals surface area contributed by atoms with Gasteiger partial charge in [-0.15, -0.1) is 0 Å². The monoisotopic (exact) mass is 717 g/mol. The molecule has 0 saturated carbocycles. The Labute approximate surface area is 304 Å². The van der Waals surface area contributed by atoms with Gasteiger partial charge >= 0.3 is 6.09 Å². The van der Waals surface area contributed by atoms with Crippen LogP contribution in [0.15, 0.2) is 72.8 Å². The molecule has 1 amide bonds. The van der Waals surface area contributed by atoms with E-state index in [2.05, 4.69) is 155 Å². The molecule has 1 saturated heterocycles. The topological polar surface area (TPSA) is 68.2 Å². The minimum atomic E-state index is -2.21. The zero-order chi connectivity index (χ0) is 37.3. The van der Waals surface area contributed by atoms with E-state index >= 15 is 0 Å². The lowest BCUT2D eigenvalue weighted by molar-refractivity contribution is -0.0178. The quantitative estimate of drug-likeness (QED) is 0.200. The van der Waals surface area contributed by atoms with Gasteiger partial charge in [0.05, 0.1) is 18.8 Å². The zero-order valence-electron chi connectivity index (χ0n) is 33.1. The van der Waals surface area contributed by atoms with Crippen LogP contribution in [0.1, 0.15) is 91.3 Å². The number of benzene rings is 3. The molecule has 274 valence electrons. The first-order chi connectivity index (χ1) is 23.0. The lowest BCUT2D eigenvalue weighted by Gasteiger charge is -2.52. The Hall–Kier alpha value is -2.92. The molecule has 1 aliphatic rings. The third kappa shape index (κ3) is 8.57. The number of hydrogen-bond donors (Lipinski definition) is 1. The molecule has 0 spiro atoms. The van der Waals surface area contributed by atoms with Crippen LogP contribution < -0.4 is 4.74 Å². The van der Waals surface area contributed by atoms with E-state index in [9.17, 15) is 9.90 Å². The van der Waals surface area contributed by atoms with Crippen LogP contribution in [0.2, 0.25) is 36.3 Å². The fourth-order valence-electron chi connectivity index (χ4n) is 6.59. The van der Waals surface area contributed by atoms with Crippen LogP contribution in [0.4, 0.5) is 4.79 Å². The van der Waals surface area contributed by atoms with Gasteiger partial charge in [-0.3, -0.25) is 4.90 Å². The van der Waals surface area contributed by atoms with Crippen LogP contribution in [0, 0.1) is 5.41 Å². The fourth-order valence-corrected chi connectivity index (χ4v) is 8.57. The van der Waals surface area contributed by atoms with Crippen molar-refractivity contribution in [1.82, 2.24) is 4.90 Å². The van der Waals surface area contributed by atoms with Gasteiger partial charge in [0, 0.05) is 12.5 Å². The summed E-state index contributed by atoms with van der Waals surface area (Å²) in [5.41, 5.74) is 4.33. The summed E-state index contributed by atoms with van der Waals surface area (Å²) >= 11 is 0. The number of carboxylic acid groups (broad SMARTS) is 1. The molecule has 1 N–H and O–H groups in total. The second-order valence-electron chi connectivity index (χ2n) is 18.3. The SMILES string of the molecule is CC(C)(C)[C@]1(CO[Si](C)(C)C(C)(C)C)[C@@H](c2cc(CO[Si](C)(C)C(C)(C)C)cc(OCc3cccc(-c4ccccc4)c3)c2)CCN1C(=O)O. The van der Waals surface area contributed by atoms with Gasteiger partial charge in [0.25, 0.3) is 0 Å². The maximum absolute atomic E-state index is 13.0. The van der Waals surface area contributed by atoms with E-state index in [1.54, 1.807) is 4.90 Å². The Morgan fingerprint density at radius 1 is 0.760 bits per heavy atom. The Morgan fingerprint density at radius 2 is 1.36 bits per heavy atom. The summed E-state index contributed by atoms with van der Waals surface area (Å²) in [5, 5.41) is 10.7. The van der Waals surface area contributed by atoms with E-state index in [-0.39, 0.29) is 16.0 Å². The highest BCUT2D eigenvalue weighted by Crippen LogP contribution is 2.54. The lowest BCUT2D eigenvalue weighted by atomic mass is 9.65. The predicted molar refractivity (Wildman–Crippen MR) is 212 cm³/mol. The molecule has 0 aliphatic carbocycles. The average molecular weight is 718 g/mol. The highest BCUT2D eigenvalue weighted by molar-refractivity contribution is 6.74. The summed E-state index contributed by atoms with van der Waals surface area (Å²) < 4.78 is 20.3. The first-order valence-corrected chi connectivity index (χ1v) is 24.0. The molecule has 0 unspecified atom stereocenters. The van der Waals surface area contributed by atoms with E-state index in [0.717, 1.165) is 28.0 Å². The van der Waals surface area contributed by atoms with Crippen molar-refractivity contribution in [2.24, 2.45) is 5.41 Å². The van der Waals surface area contributed by atoms with E-state index in [0.29, 0.717) is 32.8 Å². The summed E-state index contributed by atoms with van der Waals surface area (Å²) in [7, 11) is -4.25. The summed E-state index contributed by atoms with van der Waals surface area (Å²) in [6.45, 7) is 30.7. The van der Waals surface area contributed by atoms with Gasteiger partial charge < -0.3 is 18.7 Å². The number of hydrogen-bond acceptors (Lipinski definition) is 4. The number of carbonyl (C=O) groups is 1. The van der Waals surface area contributed by atoms with Crippen molar-refractivity contribution < 1.29 is 23.5 Å². The average Bonchev–Trinajstić information content (AvgIpc) is 3.43. The number of ether oxygens (including phenoxy) is 1. The van der Waals surface area contributed by atoms with Crippen molar-refractivity contribution in [3.8, 4) is 16.9 Å². The molecule has 50 heavy (non-hydrogen) atoms. The molecule has 3 aromatic carbocycles. The standard InChI is InChI=1S/C42H63NO5Si2/c1-39(2,3)42(30-48-50(12,13)41(7,8)9)37(22-23-43(42)38(44)45)35-25-32(29-47-49(10,11)40(4,5)6)26-36(27-35)46-28-31-18-17-21-34(24-31)33-19-15-14-16-20-33/h14-21,24-27,37H,22-23,28-30H2,1-13H3,(H,44,45)/t37-,42+/m1/s1. The highest BCUT2D eigenvalue weighted by Gasteiger charge is 2.59. The van der Waals surface area contributed by atoms with Gasteiger partial charge in [-0.2, -0.15) is 0 Å². The van der Waals surface area contributed by atoms with E-state index in [4.69, 9.17) is 13.6 Å². The molecular formula is C42H63NO5Si2. The van der Waals surface area contributed by atoms with Gasteiger partial charge in [0.15, 0.2) is 16.6 Å². The molecule has 0 aromatic heterocycles. The number of amides is 1. The van der Waals surface area contributed by atoms with Crippen molar-refractivity contribution in [1.29, 1.82) is 0 Å². The maximum Gasteiger partial charge on any atom is 0.407 e. The normalized spacial score (nSPS) is 19.1. The summed E-state index contributed by atoms with van der Waals surface area (Å²) in [4.78, 5) is 14.7. The van der Waals surface area contributed by atoms with Gasteiger partial charge in [-0.25, -0.2) is 4.79 Å². The van der Waals surface area contributed by atoms with Gasteiger partial charge in [-0.1, -0.05) is 117 Å². The number of rotatable bonds is 11. The first kappa shape index (κ1) is 39.9. The fraction of sp³-hybridized carbons (Fsp3) is 0.548.